The van der Waals surface area contributed by atoms with E-state index < -0.39 is 0 Å². The van der Waals surface area contributed by atoms with Gasteiger partial charge in [-0.1, -0.05) is 25.1 Å². The molecule has 0 aliphatic carbocycles. The molecular formula is C11H9BrIN. The first-order valence-corrected chi connectivity index (χ1v) is 6.32. The molecule has 14 heavy (non-hydrogen) atoms. The van der Waals surface area contributed by atoms with Gasteiger partial charge < -0.3 is 0 Å². The average molecular weight is 362 g/mol. The van der Waals surface area contributed by atoms with Gasteiger partial charge in [0.25, 0.3) is 0 Å². The Balaban J connectivity index is 2.86. The van der Waals surface area contributed by atoms with Crippen molar-refractivity contribution in [3.63, 3.8) is 0 Å². The molecule has 3 heteroatoms. The zero-order chi connectivity index (χ0) is 10.1. The standard InChI is InChI=1S/C11H9BrIN/c1-2-7-4-3-5-8-10(12)9(13)6-14-11(7)8/h3-6H,2H2,1H3. The van der Waals surface area contributed by atoms with E-state index in [0.29, 0.717) is 0 Å². The molecule has 0 spiro atoms. The molecule has 1 heterocycles. The van der Waals surface area contributed by atoms with Crippen LogP contribution in [0.1, 0.15) is 12.5 Å². The van der Waals surface area contributed by atoms with Crippen molar-refractivity contribution in [3.8, 4) is 0 Å². The lowest BCUT2D eigenvalue weighted by molar-refractivity contribution is 1.14. The highest BCUT2D eigenvalue weighted by Gasteiger charge is 2.06. The van der Waals surface area contributed by atoms with Crippen molar-refractivity contribution in [2.45, 2.75) is 13.3 Å². The molecule has 0 saturated carbocycles. The van der Waals surface area contributed by atoms with Crippen molar-refractivity contribution in [2.24, 2.45) is 0 Å². The number of hydrogen-bond acceptors (Lipinski definition) is 1. The molecular weight excluding hydrogens is 353 g/mol. The molecule has 1 nitrogen and oxygen atoms in total. The summed E-state index contributed by atoms with van der Waals surface area (Å²) in [6.45, 7) is 2.16. The normalized spacial score (nSPS) is 10.8. The zero-order valence-corrected chi connectivity index (χ0v) is 11.5. The largest absolute Gasteiger partial charge is 0.255 e. The lowest BCUT2D eigenvalue weighted by atomic mass is 10.1. The monoisotopic (exact) mass is 361 g/mol. The van der Waals surface area contributed by atoms with Crippen LogP contribution in [0.25, 0.3) is 10.9 Å². The molecule has 72 valence electrons. The third-order valence-corrected chi connectivity index (χ3v) is 4.67. The van der Waals surface area contributed by atoms with Gasteiger partial charge >= 0.3 is 0 Å². The summed E-state index contributed by atoms with van der Waals surface area (Å²) in [5.41, 5.74) is 2.42. The Kier molecular flexibility index (Phi) is 3.07. The first-order chi connectivity index (χ1) is 6.74. The van der Waals surface area contributed by atoms with Gasteiger partial charge in [-0.05, 0) is 50.5 Å². The summed E-state index contributed by atoms with van der Waals surface area (Å²) in [6.07, 6.45) is 2.93. The van der Waals surface area contributed by atoms with Crippen LogP contribution in [0, 0.1) is 3.57 Å². The highest BCUT2D eigenvalue weighted by atomic mass is 127. The Morgan fingerprint density at radius 1 is 1.43 bits per heavy atom. The van der Waals surface area contributed by atoms with Crippen LogP contribution in [0.4, 0.5) is 0 Å². The van der Waals surface area contributed by atoms with Crippen LogP contribution in [0.2, 0.25) is 0 Å². The minimum Gasteiger partial charge on any atom is -0.255 e. The lowest BCUT2D eigenvalue weighted by Crippen LogP contribution is -1.89. The van der Waals surface area contributed by atoms with Crippen LogP contribution >= 0.6 is 38.5 Å². The first-order valence-electron chi connectivity index (χ1n) is 4.45. The number of aromatic nitrogens is 1. The third kappa shape index (κ3) is 1.67. The van der Waals surface area contributed by atoms with Gasteiger partial charge in [0.05, 0.1) is 5.52 Å². The summed E-state index contributed by atoms with van der Waals surface area (Å²) in [4.78, 5) is 4.47. The molecule has 0 fully saturated rings. The molecule has 0 unspecified atom stereocenters. The second kappa shape index (κ2) is 4.14. The molecule has 0 atom stereocenters. The number of fused-ring (bicyclic) bond motifs is 1. The average Bonchev–Trinajstić information content (AvgIpc) is 2.23. The topological polar surface area (TPSA) is 12.9 Å². The highest BCUT2D eigenvalue weighted by molar-refractivity contribution is 14.1. The molecule has 1 aromatic carbocycles. The molecule has 0 radical (unpaired) electrons. The lowest BCUT2D eigenvalue weighted by Gasteiger charge is -2.05. The fourth-order valence-electron chi connectivity index (χ4n) is 1.51. The van der Waals surface area contributed by atoms with E-state index in [-0.39, 0.29) is 0 Å². The fraction of sp³-hybridized carbons (Fsp3) is 0.182. The van der Waals surface area contributed by atoms with Crippen LogP contribution in [0.3, 0.4) is 0 Å². The molecule has 0 saturated heterocycles. The number of para-hydroxylation sites is 1. The van der Waals surface area contributed by atoms with Gasteiger partial charge in [-0.3, -0.25) is 4.98 Å². The Bertz CT molecular complexity index is 482. The number of halogens is 2. The second-order valence-electron chi connectivity index (χ2n) is 3.09. The third-order valence-electron chi connectivity index (χ3n) is 2.25. The van der Waals surface area contributed by atoms with E-state index in [4.69, 9.17) is 0 Å². The van der Waals surface area contributed by atoms with Gasteiger partial charge in [0.2, 0.25) is 0 Å². The number of hydrogen-bond donors (Lipinski definition) is 0. The van der Waals surface area contributed by atoms with Crippen molar-refractivity contribution >= 4 is 49.4 Å². The predicted molar refractivity (Wildman–Crippen MR) is 71.5 cm³/mol. The molecule has 2 aromatic rings. The Morgan fingerprint density at radius 2 is 2.21 bits per heavy atom. The van der Waals surface area contributed by atoms with Crippen molar-refractivity contribution in [1.82, 2.24) is 4.98 Å². The minimum absolute atomic E-state index is 1.03. The van der Waals surface area contributed by atoms with Crippen LogP contribution in [0.15, 0.2) is 28.9 Å². The molecule has 0 amide bonds. The Morgan fingerprint density at radius 3 is 2.93 bits per heavy atom. The predicted octanol–water partition coefficient (Wildman–Crippen LogP) is 4.16. The quantitative estimate of drug-likeness (QED) is 0.695. The first kappa shape index (κ1) is 10.4. The Hall–Kier alpha value is -0.160. The Labute approximate surface area is 105 Å². The summed E-state index contributed by atoms with van der Waals surface area (Å²) in [5, 5.41) is 1.20. The van der Waals surface area contributed by atoms with E-state index in [1.807, 2.05) is 6.20 Å². The number of benzene rings is 1. The smallest absolute Gasteiger partial charge is 0.0745 e. The summed E-state index contributed by atoms with van der Waals surface area (Å²) in [7, 11) is 0. The molecule has 0 bridgehead atoms. The maximum absolute atomic E-state index is 4.47. The molecule has 0 aliphatic rings. The summed E-state index contributed by atoms with van der Waals surface area (Å²) < 4.78 is 2.31. The van der Waals surface area contributed by atoms with E-state index in [0.717, 1.165) is 20.0 Å². The highest BCUT2D eigenvalue weighted by Crippen LogP contribution is 2.28. The number of pyridine rings is 1. The number of nitrogens with zero attached hydrogens (tertiary/aromatic N) is 1. The van der Waals surface area contributed by atoms with Gasteiger partial charge in [-0.15, -0.1) is 0 Å². The molecule has 0 aliphatic heterocycles. The molecule has 2 rings (SSSR count). The van der Waals surface area contributed by atoms with Crippen LogP contribution in [-0.4, -0.2) is 4.98 Å². The maximum atomic E-state index is 4.47. The number of rotatable bonds is 1. The minimum atomic E-state index is 1.03. The second-order valence-corrected chi connectivity index (χ2v) is 5.04. The summed E-state index contributed by atoms with van der Waals surface area (Å²) >= 11 is 5.88. The zero-order valence-electron chi connectivity index (χ0n) is 7.72. The summed E-state index contributed by atoms with van der Waals surface area (Å²) in [5.74, 6) is 0. The summed E-state index contributed by atoms with van der Waals surface area (Å²) in [6, 6.07) is 6.33. The number of aryl methyl sites for hydroxylation is 1. The van der Waals surface area contributed by atoms with Crippen molar-refractivity contribution in [1.29, 1.82) is 0 Å². The molecule has 0 N–H and O–H groups in total. The van der Waals surface area contributed by atoms with Crippen molar-refractivity contribution in [2.75, 3.05) is 0 Å². The van der Waals surface area contributed by atoms with Crippen LogP contribution < -0.4 is 0 Å². The van der Waals surface area contributed by atoms with Gasteiger partial charge in [0.15, 0.2) is 0 Å². The van der Waals surface area contributed by atoms with Crippen molar-refractivity contribution < 1.29 is 0 Å². The van der Waals surface area contributed by atoms with E-state index in [2.05, 4.69) is 68.6 Å². The van der Waals surface area contributed by atoms with Gasteiger partial charge in [-0.2, -0.15) is 0 Å². The van der Waals surface area contributed by atoms with Gasteiger partial charge in [0, 0.05) is 19.6 Å². The molecule has 1 aromatic heterocycles. The van der Waals surface area contributed by atoms with E-state index in [1.54, 1.807) is 0 Å². The van der Waals surface area contributed by atoms with E-state index in [9.17, 15) is 0 Å². The van der Waals surface area contributed by atoms with Gasteiger partial charge in [-0.25, -0.2) is 0 Å². The maximum Gasteiger partial charge on any atom is 0.0745 e. The van der Waals surface area contributed by atoms with Crippen LogP contribution in [0.5, 0.6) is 0 Å². The van der Waals surface area contributed by atoms with E-state index in [1.165, 1.54) is 10.9 Å². The fourth-order valence-corrected chi connectivity index (χ4v) is 2.36. The SMILES string of the molecule is CCc1cccc2c(Br)c(I)cnc12. The van der Waals surface area contributed by atoms with E-state index >= 15 is 0 Å². The van der Waals surface area contributed by atoms with Crippen LogP contribution in [-0.2, 0) is 6.42 Å². The van der Waals surface area contributed by atoms with Crippen molar-refractivity contribution in [3.05, 3.63) is 38.0 Å². The van der Waals surface area contributed by atoms with Gasteiger partial charge in [0.1, 0.15) is 0 Å².